The molecule has 1 aliphatic rings. The van der Waals surface area contributed by atoms with Crippen molar-refractivity contribution in [1.29, 1.82) is 0 Å². The van der Waals surface area contributed by atoms with E-state index in [2.05, 4.69) is 5.10 Å². The summed E-state index contributed by atoms with van der Waals surface area (Å²) in [6.07, 6.45) is -4.76. The molecule has 21 heavy (non-hydrogen) atoms. The van der Waals surface area contributed by atoms with Gasteiger partial charge in [0.05, 0.1) is 18.8 Å². The van der Waals surface area contributed by atoms with Gasteiger partial charge in [-0.2, -0.15) is 18.3 Å². The number of aromatic nitrogens is 2. The van der Waals surface area contributed by atoms with Gasteiger partial charge in [0.15, 0.2) is 5.69 Å². The van der Waals surface area contributed by atoms with Gasteiger partial charge in [-0.25, -0.2) is 4.79 Å². The van der Waals surface area contributed by atoms with Crippen LogP contribution in [0.1, 0.15) is 28.7 Å². The highest BCUT2D eigenvalue weighted by Gasteiger charge is 2.44. The summed E-state index contributed by atoms with van der Waals surface area (Å²) in [5.41, 5.74) is 0.929. The van der Waals surface area contributed by atoms with Crippen molar-refractivity contribution in [3.8, 4) is 0 Å². The summed E-state index contributed by atoms with van der Waals surface area (Å²) in [5.74, 6) is -2.57. The molecule has 0 aliphatic carbocycles. The molecule has 1 amide bonds. The molecule has 1 aromatic rings. The van der Waals surface area contributed by atoms with Crippen LogP contribution < -0.4 is 0 Å². The SMILES string of the molecule is CCOC(=O)c1c2c(nn1C)CCN(C(=O)C(F)(F)F)C2. The van der Waals surface area contributed by atoms with Gasteiger partial charge < -0.3 is 9.64 Å². The Bertz CT molecular complexity index is 580. The fourth-order valence-electron chi connectivity index (χ4n) is 2.31. The topological polar surface area (TPSA) is 64.4 Å². The molecule has 0 atom stereocenters. The zero-order chi connectivity index (χ0) is 15.8. The zero-order valence-corrected chi connectivity index (χ0v) is 11.5. The first-order valence-electron chi connectivity index (χ1n) is 6.33. The summed E-state index contributed by atoms with van der Waals surface area (Å²) >= 11 is 0. The van der Waals surface area contributed by atoms with E-state index < -0.39 is 18.1 Å². The Morgan fingerprint density at radius 1 is 1.38 bits per heavy atom. The van der Waals surface area contributed by atoms with Crippen LogP contribution in [0.15, 0.2) is 0 Å². The van der Waals surface area contributed by atoms with Crippen molar-refractivity contribution in [1.82, 2.24) is 14.7 Å². The molecule has 0 N–H and O–H groups in total. The summed E-state index contributed by atoms with van der Waals surface area (Å²) in [4.78, 5) is 23.8. The molecule has 0 saturated heterocycles. The second-order valence-electron chi connectivity index (χ2n) is 4.59. The Hall–Kier alpha value is -2.06. The van der Waals surface area contributed by atoms with Gasteiger partial charge in [0.1, 0.15) is 0 Å². The number of nitrogens with zero attached hydrogens (tertiary/aromatic N) is 3. The number of halogens is 3. The Morgan fingerprint density at radius 2 is 2.05 bits per heavy atom. The molecule has 0 spiro atoms. The maximum atomic E-state index is 12.5. The predicted octanol–water partition coefficient (Wildman–Crippen LogP) is 1.04. The standard InChI is InChI=1S/C12H14F3N3O3/c1-3-21-10(19)9-7-6-18(11(20)12(13,14)15)5-4-8(7)16-17(9)2/h3-6H2,1-2H3. The Labute approximate surface area is 118 Å². The zero-order valence-electron chi connectivity index (χ0n) is 11.5. The van der Waals surface area contributed by atoms with Gasteiger partial charge in [0.25, 0.3) is 0 Å². The first-order valence-corrected chi connectivity index (χ1v) is 6.33. The molecule has 2 rings (SSSR count). The van der Waals surface area contributed by atoms with Crippen molar-refractivity contribution in [2.24, 2.45) is 7.05 Å². The lowest BCUT2D eigenvalue weighted by molar-refractivity contribution is -0.186. The van der Waals surface area contributed by atoms with Crippen LogP contribution in [0.2, 0.25) is 0 Å². The van der Waals surface area contributed by atoms with Crippen LogP contribution in [0.4, 0.5) is 13.2 Å². The third-order valence-electron chi connectivity index (χ3n) is 3.19. The van der Waals surface area contributed by atoms with E-state index in [1.54, 1.807) is 6.92 Å². The van der Waals surface area contributed by atoms with Crippen LogP contribution in [-0.4, -0.2) is 45.9 Å². The van der Waals surface area contributed by atoms with E-state index in [1.165, 1.54) is 11.7 Å². The van der Waals surface area contributed by atoms with E-state index in [0.29, 0.717) is 16.2 Å². The molecule has 0 fully saturated rings. The molecule has 0 unspecified atom stereocenters. The fourth-order valence-corrected chi connectivity index (χ4v) is 2.31. The third-order valence-corrected chi connectivity index (χ3v) is 3.19. The van der Waals surface area contributed by atoms with Gasteiger partial charge in [-0.15, -0.1) is 0 Å². The van der Waals surface area contributed by atoms with Gasteiger partial charge in [-0.05, 0) is 6.92 Å². The summed E-state index contributed by atoms with van der Waals surface area (Å²) in [6.45, 7) is 1.39. The van der Waals surface area contributed by atoms with Crippen molar-refractivity contribution < 1.29 is 27.5 Å². The number of carbonyl (C=O) groups is 2. The average Bonchev–Trinajstić information content (AvgIpc) is 2.71. The number of carbonyl (C=O) groups excluding carboxylic acids is 2. The van der Waals surface area contributed by atoms with E-state index in [0.717, 1.165) is 0 Å². The van der Waals surface area contributed by atoms with Crippen LogP contribution in [0.25, 0.3) is 0 Å². The predicted molar refractivity (Wildman–Crippen MR) is 64.3 cm³/mol. The smallest absolute Gasteiger partial charge is 0.461 e. The van der Waals surface area contributed by atoms with E-state index in [4.69, 9.17) is 4.74 Å². The lowest BCUT2D eigenvalue weighted by Gasteiger charge is -2.27. The van der Waals surface area contributed by atoms with Crippen molar-refractivity contribution in [3.63, 3.8) is 0 Å². The molecule has 0 aromatic carbocycles. The molecule has 0 bridgehead atoms. The van der Waals surface area contributed by atoms with Gasteiger partial charge in [0.2, 0.25) is 0 Å². The van der Waals surface area contributed by atoms with Crippen LogP contribution in [0, 0.1) is 0 Å². The van der Waals surface area contributed by atoms with E-state index in [-0.39, 0.29) is 31.8 Å². The lowest BCUT2D eigenvalue weighted by Crippen LogP contribution is -2.43. The van der Waals surface area contributed by atoms with E-state index in [9.17, 15) is 22.8 Å². The number of rotatable bonds is 2. The number of hydrogen-bond acceptors (Lipinski definition) is 4. The van der Waals surface area contributed by atoms with E-state index >= 15 is 0 Å². The van der Waals surface area contributed by atoms with Crippen molar-refractivity contribution >= 4 is 11.9 Å². The second-order valence-corrected chi connectivity index (χ2v) is 4.59. The van der Waals surface area contributed by atoms with E-state index in [1.807, 2.05) is 0 Å². The lowest BCUT2D eigenvalue weighted by atomic mass is 10.1. The Kier molecular flexibility index (Phi) is 3.93. The largest absolute Gasteiger partial charge is 0.471 e. The number of alkyl halides is 3. The quantitative estimate of drug-likeness (QED) is 0.766. The molecule has 1 aromatic heterocycles. The molecule has 2 heterocycles. The number of esters is 1. The highest BCUT2D eigenvalue weighted by atomic mass is 19.4. The second kappa shape index (κ2) is 5.38. The highest BCUT2D eigenvalue weighted by molar-refractivity contribution is 5.90. The van der Waals surface area contributed by atoms with Crippen molar-refractivity contribution in [2.75, 3.05) is 13.2 Å². The Morgan fingerprint density at radius 3 is 2.62 bits per heavy atom. The summed E-state index contributed by atoms with van der Waals surface area (Å²) in [6, 6.07) is 0. The number of ether oxygens (including phenoxy) is 1. The monoisotopic (exact) mass is 305 g/mol. The van der Waals surface area contributed by atoms with Crippen molar-refractivity contribution in [2.45, 2.75) is 26.1 Å². The number of amides is 1. The van der Waals surface area contributed by atoms with Gasteiger partial charge >= 0.3 is 18.1 Å². The van der Waals surface area contributed by atoms with Crippen molar-refractivity contribution in [3.05, 3.63) is 17.0 Å². The van der Waals surface area contributed by atoms with Crippen LogP contribution in [-0.2, 0) is 29.5 Å². The first-order chi connectivity index (χ1) is 9.75. The molecular formula is C12H14F3N3O3. The molecular weight excluding hydrogens is 291 g/mol. The average molecular weight is 305 g/mol. The Balaban J connectivity index is 2.31. The summed E-state index contributed by atoms with van der Waals surface area (Å²) < 4.78 is 43.6. The fraction of sp³-hybridized carbons (Fsp3) is 0.583. The summed E-state index contributed by atoms with van der Waals surface area (Å²) in [7, 11) is 1.51. The maximum Gasteiger partial charge on any atom is 0.471 e. The number of hydrogen-bond donors (Lipinski definition) is 0. The minimum Gasteiger partial charge on any atom is -0.461 e. The molecule has 0 radical (unpaired) electrons. The van der Waals surface area contributed by atoms with Gasteiger partial charge in [0, 0.05) is 25.6 Å². The first kappa shape index (κ1) is 15.3. The molecule has 6 nitrogen and oxygen atoms in total. The minimum atomic E-state index is -4.93. The van der Waals surface area contributed by atoms with Gasteiger partial charge in [-0.1, -0.05) is 0 Å². The van der Waals surface area contributed by atoms with Crippen LogP contribution in [0.3, 0.4) is 0 Å². The molecule has 116 valence electrons. The number of aryl methyl sites for hydroxylation is 1. The van der Waals surface area contributed by atoms with Crippen LogP contribution in [0.5, 0.6) is 0 Å². The van der Waals surface area contributed by atoms with Crippen LogP contribution >= 0.6 is 0 Å². The summed E-state index contributed by atoms with van der Waals surface area (Å²) in [5, 5.41) is 4.11. The van der Waals surface area contributed by atoms with Gasteiger partial charge in [-0.3, -0.25) is 9.48 Å². The molecule has 0 saturated carbocycles. The molecule has 9 heteroatoms. The third kappa shape index (κ3) is 2.86. The normalized spacial score (nSPS) is 14.8. The highest BCUT2D eigenvalue weighted by Crippen LogP contribution is 2.26. The molecule has 1 aliphatic heterocycles. The number of fused-ring (bicyclic) bond motifs is 1. The maximum absolute atomic E-state index is 12.5. The minimum absolute atomic E-state index is 0.0787.